The van der Waals surface area contributed by atoms with Crippen LogP contribution in [0.5, 0.6) is 0 Å². The lowest BCUT2D eigenvalue weighted by Crippen LogP contribution is -2.38. The molecule has 1 unspecified atom stereocenters. The molecule has 1 heterocycles. The van der Waals surface area contributed by atoms with Crippen LogP contribution in [0.1, 0.15) is 33.1 Å². The average Bonchev–Trinajstić information content (AvgIpc) is 2.76. The van der Waals surface area contributed by atoms with E-state index in [0.717, 1.165) is 19.6 Å². The normalized spacial score (nSPS) is 21.8. The van der Waals surface area contributed by atoms with Crippen molar-refractivity contribution in [3.05, 3.63) is 11.6 Å². The van der Waals surface area contributed by atoms with Gasteiger partial charge in [0.05, 0.1) is 0 Å². The number of hydrogen-bond acceptors (Lipinski definition) is 3. The Morgan fingerprint density at radius 3 is 2.78 bits per heavy atom. The van der Waals surface area contributed by atoms with Gasteiger partial charge < -0.3 is 10.0 Å². The Balaban J connectivity index is 2.41. The lowest BCUT2D eigenvalue weighted by molar-refractivity contribution is -0.132. The second-order valence-electron chi connectivity index (χ2n) is 5.03. The van der Waals surface area contributed by atoms with Crippen molar-refractivity contribution in [2.24, 2.45) is 0 Å². The minimum absolute atomic E-state index is 0.514. The number of aliphatic carboxylic acids is 1. The molecule has 1 rings (SSSR count). The molecule has 1 aliphatic heterocycles. The number of carbonyl (C=O) groups is 1. The van der Waals surface area contributed by atoms with Gasteiger partial charge in [-0.2, -0.15) is 0 Å². The minimum Gasteiger partial charge on any atom is -0.478 e. The SMILES string of the molecule is CCC(=CCN(C)CC1CCCN1CC)C(=O)O. The van der Waals surface area contributed by atoms with Gasteiger partial charge in [0.15, 0.2) is 0 Å². The third-order valence-electron chi connectivity index (χ3n) is 3.73. The Hall–Kier alpha value is -0.870. The summed E-state index contributed by atoms with van der Waals surface area (Å²) in [5.74, 6) is -0.790. The lowest BCUT2D eigenvalue weighted by Gasteiger charge is -2.27. The van der Waals surface area contributed by atoms with Crippen molar-refractivity contribution in [1.29, 1.82) is 0 Å². The predicted molar refractivity (Wildman–Crippen MR) is 73.8 cm³/mol. The van der Waals surface area contributed by atoms with Crippen LogP contribution in [0, 0.1) is 0 Å². The molecule has 0 saturated carbocycles. The molecule has 104 valence electrons. The number of likely N-dealkylation sites (N-methyl/N-ethyl adjacent to an activating group) is 2. The van der Waals surface area contributed by atoms with Crippen LogP contribution in [0.4, 0.5) is 0 Å². The van der Waals surface area contributed by atoms with Crippen molar-refractivity contribution >= 4 is 5.97 Å². The first-order valence-electron chi connectivity index (χ1n) is 6.93. The molecule has 0 bridgehead atoms. The Morgan fingerprint density at radius 2 is 2.22 bits per heavy atom. The van der Waals surface area contributed by atoms with Crippen LogP contribution in [0.15, 0.2) is 11.6 Å². The van der Waals surface area contributed by atoms with Crippen molar-refractivity contribution in [2.45, 2.75) is 39.2 Å². The van der Waals surface area contributed by atoms with Crippen molar-refractivity contribution in [3.8, 4) is 0 Å². The van der Waals surface area contributed by atoms with Crippen molar-refractivity contribution in [2.75, 3.05) is 33.2 Å². The Bertz CT molecular complexity index is 302. The zero-order valence-electron chi connectivity index (χ0n) is 11.9. The van der Waals surface area contributed by atoms with Crippen molar-refractivity contribution in [1.82, 2.24) is 9.80 Å². The molecule has 0 aromatic heterocycles. The summed E-state index contributed by atoms with van der Waals surface area (Å²) in [6.45, 7) is 8.17. The molecule has 4 heteroatoms. The summed E-state index contributed by atoms with van der Waals surface area (Å²) >= 11 is 0. The fourth-order valence-electron chi connectivity index (χ4n) is 2.60. The number of likely N-dealkylation sites (tertiary alicyclic amines) is 1. The van der Waals surface area contributed by atoms with Gasteiger partial charge in [-0.25, -0.2) is 4.79 Å². The third kappa shape index (κ3) is 4.42. The summed E-state index contributed by atoms with van der Waals surface area (Å²) in [4.78, 5) is 15.6. The molecule has 1 saturated heterocycles. The van der Waals surface area contributed by atoms with Crippen LogP contribution in [-0.2, 0) is 4.79 Å². The summed E-state index contributed by atoms with van der Waals surface area (Å²) in [6.07, 6.45) is 4.99. The molecule has 1 aliphatic rings. The maximum atomic E-state index is 10.9. The first-order valence-corrected chi connectivity index (χ1v) is 6.93. The van der Waals surface area contributed by atoms with Gasteiger partial charge in [0, 0.05) is 24.7 Å². The molecule has 0 spiro atoms. The largest absolute Gasteiger partial charge is 0.478 e. The highest BCUT2D eigenvalue weighted by molar-refractivity contribution is 5.86. The van der Waals surface area contributed by atoms with E-state index in [9.17, 15) is 4.79 Å². The number of hydrogen-bond donors (Lipinski definition) is 1. The molecular weight excluding hydrogens is 228 g/mol. The molecule has 18 heavy (non-hydrogen) atoms. The Kier molecular flexibility index (Phi) is 6.36. The number of rotatable bonds is 7. The van der Waals surface area contributed by atoms with Gasteiger partial charge in [-0.1, -0.05) is 19.9 Å². The highest BCUT2D eigenvalue weighted by Crippen LogP contribution is 2.17. The summed E-state index contributed by atoms with van der Waals surface area (Å²) in [7, 11) is 2.07. The quantitative estimate of drug-likeness (QED) is 0.704. The monoisotopic (exact) mass is 254 g/mol. The highest BCUT2D eigenvalue weighted by atomic mass is 16.4. The fraction of sp³-hybridized carbons (Fsp3) is 0.786. The fourth-order valence-corrected chi connectivity index (χ4v) is 2.60. The van der Waals surface area contributed by atoms with Gasteiger partial charge in [0.25, 0.3) is 0 Å². The minimum atomic E-state index is -0.790. The molecule has 0 aromatic rings. The molecule has 0 aliphatic carbocycles. The topological polar surface area (TPSA) is 43.8 Å². The van der Waals surface area contributed by atoms with Gasteiger partial charge in [-0.3, -0.25) is 4.90 Å². The van der Waals surface area contributed by atoms with Crippen LogP contribution in [-0.4, -0.2) is 60.1 Å². The van der Waals surface area contributed by atoms with Crippen LogP contribution >= 0.6 is 0 Å². The summed E-state index contributed by atoms with van der Waals surface area (Å²) in [5, 5.41) is 8.96. The van der Waals surface area contributed by atoms with Crippen LogP contribution in [0.2, 0.25) is 0 Å². The second-order valence-corrected chi connectivity index (χ2v) is 5.03. The van der Waals surface area contributed by atoms with Gasteiger partial charge in [0.2, 0.25) is 0 Å². The summed E-state index contributed by atoms with van der Waals surface area (Å²) < 4.78 is 0. The van der Waals surface area contributed by atoms with E-state index in [4.69, 9.17) is 5.11 Å². The third-order valence-corrected chi connectivity index (χ3v) is 3.73. The van der Waals surface area contributed by atoms with E-state index in [1.54, 1.807) is 0 Å². The van der Waals surface area contributed by atoms with Crippen LogP contribution in [0.3, 0.4) is 0 Å². The number of carboxylic acids is 1. The van der Waals surface area contributed by atoms with Crippen molar-refractivity contribution in [3.63, 3.8) is 0 Å². The van der Waals surface area contributed by atoms with Crippen LogP contribution in [0.25, 0.3) is 0 Å². The molecule has 1 fully saturated rings. The first kappa shape index (κ1) is 15.2. The number of carboxylic acid groups (broad SMARTS) is 1. The van der Waals surface area contributed by atoms with E-state index in [1.807, 2.05) is 13.0 Å². The maximum absolute atomic E-state index is 10.9. The lowest BCUT2D eigenvalue weighted by atomic mass is 10.2. The molecular formula is C14H26N2O2. The average molecular weight is 254 g/mol. The van der Waals surface area contributed by atoms with Gasteiger partial charge in [-0.05, 0) is 39.4 Å². The van der Waals surface area contributed by atoms with Gasteiger partial charge in [0.1, 0.15) is 0 Å². The highest BCUT2D eigenvalue weighted by Gasteiger charge is 2.23. The molecule has 0 radical (unpaired) electrons. The zero-order chi connectivity index (χ0) is 13.5. The van der Waals surface area contributed by atoms with E-state index in [-0.39, 0.29) is 0 Å². The molecule has 1 N–H and O–H groups in total. The smallest absolute Gasteiger partial charge is 0.331 e. The zero-order valence-corrected chi connectivity index (χ0v) is 11.9. The molecule has 4 nitrogen and oxygen atoms in total. The second kappa shape index (κ2) is 7.54. The maximum Gasteiger partial charge on any atom is 0.331 e. The predicted octanol–water partition coefficient (Wildman–Crippen LogP) is 1.82. The molecule has 1 atom stereocenters. The van der Waals surface area contributed by atoms with E-state index in [0.29, 0.717) is 18.0 Å². The van der Waals surface area contributed by atoms with Gasteiger partial charge in [-0.15, -0.1) is 0 Å². The first-order chi connectivity index (χ1) is 8.58. The van der Waals surface area contributed by atoms with Crippen molar-refractivity contribution < 1.29 is 9.90 Å². The Labute approximate surface area is 110 Å². The standard InChI is InChI=1S/C14H26N2O2/c1-4-12(14(17)18)8-10-15(3)11-13-7-6-9-16(13)5-2/h8,13H,4-7,9-11H2,1-3H3,(H,17,18). The molecule has 0 aromatic carbocycles. The van der Waals surface area contributed by atoms with Crippen LogP contribution < -0.4 is 0 Å². The summed E-state index contributed by atoms with van der Waals surface area (Å²) in [6, 6.07) is 0.642. The number of nitrogens with zero attached hydrogens (tertiary/aromatic N) is 2. The summed E-state index contributed by atoms with van der Waals surface area (Å²) in [5.41, 5.74) is 0.514. The van der Waals surface area contributed by atoms with E-state index < -0.39 is 5.97 Å². The van der Waals surface area contributed by atoms with E-state index in [2.05, 4.69) is 23.8 Å². The molecule has 0 amide bonds. The van der Waals surface area contributed by atoms with Gasteiger partial charge >= 0.3 is 5.97 Å². The Morgan fingerprint density at radius 1 is 1.50 bits per heavy atom. The van der Waals surface area contributed by atoms with E-state index in [1.165, 1.54) is 19.4 Å². The van der Waals surface area contributed by atoms with E-state index >= 15 is 0 Å².